The van der Waals surface area contributed by atoms with Crippen LogP contribution in [0.25, 0.3) is 10.9 Å². The fourth-order valence-corrected chi connectivity index (χ4v) is 4.46. The molecular formula is C26H25N3O4. The van der Waals surface area contributed by atoms with Gasteiger partial charge in [0.2, 0.25) is 0 Å². The number of hydrogen-bond donors (Lipinski definition) is 2. The van der Waals surface area contributed by atoms with E-state index in [4.69, 9.17) is 9.15 Å². The number of furan rings is 1. The number of piperidine rings is 1. The second kappa shape index (κ2) is 8.86. The van der Waals surface area contributed by atoms with Gasteiger partial charge in [-0.1, -0.05) is 0 Å². The highest BCUT2D eigenvalue weighted by Gasteiger charge is 2.26. The SMILES string of the molecule is COc1ccc2[nH]cc(C3CCN(C(=O)c4ccc(NC(=O)c5ccco5)cc4)CC3)c2c1. The Morgan fingerprint density at radius 3 is 2.58 bits per heavy atom. The highest BCUT2D eigenvalue weighted by atomic mass is 16.5. The molecule has 1 aliphatic heterocycles. The zero-order valence-corrected chi connectivity index (χ0v) is 18.3. The van der Waals surface area contributed by atoms with Crippen molar-refractivity contribution in [2.45, 2.75) is 18.8 Å². The first kappa shape index (κ1) is 20.9. The number of anilines is 1. The van der Waals surface area contributed by atoms with E-state index < -0.39 is 0 Å². The largest absolute Gasteiger partial charge is 0.497 e. The predicted octanol–water partition coefficient (Wildman–Crippen LogP) is 5.04. The Kier molecular flexibility index (Phi) is 5.60. The maximum atomic E-state index is 13.0. The van der Waals surface area contributed by atoms with Crippen LogP contribution in [0.2, 0.25) is 0 Å². The monoisotopic (exact) mass is 443 g/mol. The number of rotatable bonds is 5. The van der Waals surface area contributed by atoms with Crippen molar-refractivity contribution in [3.63, 3.8) is 0 Å². The standard InChI is InChI=1S/C26H25N3O4/c1-32-20-8-9-23-21(15-20)22(16-27-23)17-10-12-29(13-11-17)26(31)18-4-6-19(7-5-18)28-25(30)24-3-2-14-33-24/h2-9,14-17,27H,10-13H2,1H3,(H,28,30). The highest BCUT2D eigenvalue weighted by Crippen LogP contribution is 2.35. The molecule has 0 spiro atoms. The molecule has 0 radical (unpaired) electrons. The lowest BCUT2D eigenvalue weighted by Gasteiger charge is -2.32. The number of fused-ring (bicyclic) bond motifs is 1. The second-order valence-corrected chi connectivity index (χ2v) is 8.23. The van der Waals surface area contributed by atoms with Crippen molar-refractivity contribution in [1.82, 2.24) is 9.88 Å². The number of nitrogens with one attached hydrogen (secondary N) is 2. The number of carbonyl (C=O) groups is 2. The summed E-state index contributed by atoms with van der Waals surface area (Å²) in [5.41, 5.74) is 3.61. The summed E-state index contributed by atoms with van der Waals surface area (Å²) < 4.78 is 10.5. The van der Waals surface area contributed by atoms with Crippen molar-refractivity contribution in [3.05, 3.63) is 83.9 Å². The quantitative estimate of drug-likeness (QED) is 0.452. The molecular weight excluding hydrogens is 418 g/mol. The molecule has 4 aromatic rings. The van der Waals surface area contributed by atoms with Gasteiger partial charge in [0, 0.05) is 41.4 Å². The molecule has 0 saturated carbocycles. The maximum Gasteiger partial charge on any atom is 0.291 e. The fourth-order valence-electron chi connectivity index (χ4n) is 4.46. The first-order valence-electron chi connectivity index (χ1n) is 11.0. The van der Waals surface area contributed by atoms with Crippen LogP contribution in [0, 0.1) is 0 Å². The first-order valence-corrected chi connectivity index (χ1v) is 11.0. The molecule has 2 N–H and O–H groups in total. The number of hydrogen-bond acceptors (Lipinski definition) is 4. The van der Waals surface area contributed by atoms with Crippen LogP contribution in [-0.4, -0.2) is 41.9 Å². The van der Waals surface area contributed by atoms with Gasteiger partial charge in [-0.15, -0.1) is 0 Å². The molecule has 0 atom stereocenters. The van der Waals surface area contributed by atoms with Gasteiger partial charge in [-0.25, -0.2) is 0 Å². The van der Waals surface area contributed by atoms with E-state index in [1.807, 2.05) is 17.0 Å². The summed E-state index contributed by atoms with van der Waals surface area (Å²) in [7, 11) is 1.68. The Hall–Kier alpha value is -4.00. The van der Waals surface area contributed by atoms with Gasteiger partial charge in [0.05, 0.1) is 13.4 Å². The van der Waals surface area contributed by atoms with Crippen LogP contribution in [-0.2, 0) is 0 Å². The minimum Gasteiger partial charge on any atom is -0.497 e. The third-order valence-electron chi connectivity index (χ3n) is 6.28. The number of amides is 2. The van der Waals surface area contributed by atoms with Crippen molar-refractivity contribution < 1.29 is 18.7 Å². The zero-order chi connectivity index (χ0) is 22.8. The summed E-state index contributed by atoms with van der Waals surface area (Å²) in [5, 5.41) is 3.95. The molecule has 1 fully saturated rings. The lowest BCUT2D eigenvalue weighted by molar-refractivity contribution is 0.0713. The van der Waals surface area contributed by atoms with E-state index in [1.165, 1.54) is 17.2 Å². The second-order valence-electron chi connectivity index (χ2n) is 8.23. The third kappa shape index (κ3) is 4.22. The molecule has 1 aliphatic rings. The maximum absolute atomic E-state index is 13.0. The number of carbonyl (C=O) groups excluding carboxylic acids is 2. The van der Waals surface area contributed by atoms with Crippen molar-refractivity contribution in [2.24, 2.45) is 0 Å². The molecule has 33 heavy (non-hydrogen) atoms. The molecule has 5 rings (SSSR count). The topological polar surface area (TPSA) is 87.6 Å². The average Bonchev–Trinajstić information content (AvgIpc) is 3.54. The Balaban J connectivity index is 1.21. The van der Waals surface area contributed by atoms with Gasteiger partial charge in [0.15, 0.2) is 5.76 Å². The molecule has 0 aliphatic carbocycles. The van der Waals surface area contributed by atoms with Crippen LogP contribution >= 0.6 is 0 Å². The third-order valence-corrected chi connectivity index (χ3v) is 6.28. The lowest BCUT2D eigenvalue weighted by Crippen LogP contribution is -2.37. The Labute approximate surface area is 191 Å². The Morgan fingerprint density at radius 2 is 1.88 bits per heavy atom. The van der Waals surface area contributed by atoms with Gasteiger partial charge in [0.25, 0.3) is 11.8 Å². The number of benzene rings is 2. The van der Waals surface area contributed by atoms with Gasteiger partial charge in [-0.2, -0.15) is 0 Å². The van der Waals surface area contributed by atoms with E-state index in [-0.39, 0.29) is 17.6 Å². The number of nitrogens with zero attached hydrogens (tertiary/aromatic N) is 1. The van der Waals surface area contributed by atoms with E-state index in [9.17, 15) is 9.59 Å². The van der Waals surface area contributed by atoms with Gasteiger partial charge in [-0.05, 0) is 78.9 Å². The van der Waals surface area contributed by atoms with Gasteiger partial charge in [0.1, 0.15) is 5.75 Å². The number of likely N-dealkylation sites (tertiary alicyclic amines) is 1. The molecule has 2 amide bonds. The summed E-state index contributed by atoms with van der Waals surface area (Å²) in [5.74, 6) is 1.18. The number of aromatic nitrogens is 1. The molecule has 1 saturated heterocycles. The number of aromatic amines is 1. The van der Waals surface area contributed by atoms with Crippen molar-refractivity contribution in [3.8, 4) is 5.75 Å². The van der Waals surface area contributed by atoms with Crippen LogP contribution in [0.3, 0.4) is 0 Å². The Bertz CT molecular complexity index is 1270. The van der Waals surface area contributed by atoms with Crippen molar-refractivity contribution >= 4 is 28.4 Å². The van der Waals surface area contributed by atoms with Gasteiger partial charge >= 0.3 is 0 Å². The molecule has 168 valence electrons. The summed E-state index contributed by atoms with van der Waals surface area (Å²) in [4.78, 5) is 30.4. The van der Waals surface area contributed by atoms with Crippen LogP contribution in [0.1, 0.15) is 45.2 Å². The summed E-state index contributed by atoms with van der Waals surface area (Å²) in [6.07, 6.45) is 5.36. The number of ether oxygens (including phenoxy) is 1. The van der Waals surface area contributed by atoms with Crippen LogP contribution in [0.4, 0.5) is 5.69 Å². The molecule has 7 nitrogen and oxygen atoms in total. The minimum atomic E-state index is -0.323. The molecule has 3 heterocycles. The summed E-state index contributed by atoms with van der Waals surface area (Å²) >= 11 is 0. The van der Waals surface area contributed by atoms with Crippen molar-refractivity contribution in [1.29, 1.82) is 0 Å². The molecule has 2 aromatic carbocycles. The smallest absolute Gasteiger partial charge is 0.291 e. The summed E-state index contributed by atoms with van der Waals surface area (Å²) in [6.45, 7) is 1.41. The Morgan fingerprint density at radius 1 is 1.09 bits per heavy atom. The number of methoxy groups -OCH3 is 1. The predicted molar refractivity (Wildman–Crippen MR) is 126 cm³/mol. The fraction of sp³-hybridized carbons (Fsp3) is 0.231. The van der Waals surface area contributed by atoms with Crippen LogP contribution < -0.4 is 10.1 Å². The van der Waals surface area contributed by atoms with Crippen molar-refractivity contribution in [2.75, 3.05) is 25.5 Å². The van der Waals surface area contributed by atoms with E-state index in [2.05, 4.69) is 22.6 Å². The highest BCUT2D eigenvalue weighted by molar-refractivity contribution is 6.02. The molecule has 0 unspecified atom stereocenters. The first-order chi connectivity index (χ1) is 16.1. The van der Waals surface area contributed by atoms with Gasteiger partial charge < -0.3 is 24.4 Å². The molecule has 2 aromatic heterocycles. The normalized spacial score (nSPS) is 14.4. The van der Waals surface area contributed by atoms with Crippen LogP contribution in [0.15, 0.2) is 71.5 Å². The summed E-state index contributed by atoms with van der Waals surface area (Å²) in [6, 6.07) is 16.3. The number of H-pyrrole nitrogens is 1. The van der Waals surface area contributed by atoms with E-state index in [0.717, 1.165) is 24.1 Å². The zero-order valence-electron chi connectivity index (χ0n) is 18.3. The minimum absolute atomic E-state index is 0.0120. The average molecular weight is 444 g/mol. The van der Waals surface area contributed by atoms with E-state index >= 15 is 0 Å². The molecule has 7 heteroatoms. The van der Waals surface area contributed by atoms with E-state index in [0.29, 0.717) is 30.3 Å². The van der Waals surface area contributed by atoms with Crippen LogP contribution in [0.5, 0.6) is 5.75 Å². The van der Waals surface area contributed by atoms with E-state index in [1.54, 1.807) is 43.5 Å². The molecule has 0 bridgehead atoms. The lowest BCUT2D eigenvalue weighted by atomic mass is 9.89. The van der Waals surface area contributed by atoms with Gasteiger partial charge in [-0.3, -0.25) is 9.59 Å².